The minimum Gasteiger partial charge on any atom is -0.468 e. The Morgan fingerprint density at radius 2 is 1.96 bits per heavy atom. The van der Waals surface area contributed by atoms with Crippen molar-refractivity contribution in [2.45, 2.75) is 32.2 Å². The van der Waals surface area contributed by atoms with Gasteiger partial charge in [0.25, 0.3) is 0 Å². The summed E-state index contributed by atoms with van der Waals surface area (Å²) in [5.41, 5.74) is 0.114. The van der Waals surface area contributed by atoms with Crippen molar-refractivity contribution in [2.24, 2.45) is 4.99 Å². The molecule has 25 heavy (non-hydrogen) atoms. The first-order chi connectivity index (χ1) is 11.2. The molecular formula is C15H24F3IN4O2. The number of alkyl halides is 3. The monoisotopic (exact) mass is 476 g/mol. The van der Waals surface area contributed by atoms with Crippen molar-refractivity contribution in [3.05, 3.63) is 23.9 Å². The molecule has 0 saturated heterocycles. The lowest BCUT2D eigenvalue weighted by Gasteiger charge is -2.24. The zero-order chi connectivity index (χ0) is 18.2. The molecule has 0 fully saturated rings. The molecule has 2 N–H and O–H groups in total. The van der Waals surface area contributed by atoms with Gasteiger partial charge < -0.3 is 20.1 Å². The second-order valence-corrected chi connectivity index (χ2v) is 5.61. The van der Waals surface area contributed by atoms with Crippen LogP contribution in [0.15, 0.2) is 23.3 Å². The smallest absolute Gasteiger partial charge is 0.422 e. The fourth-order valence-corrected chi connectivity index (χ4v) is 1.61. The van der Waals surface area contributed by atoms with E-state index in [2.05, 4.69) is 20.6 Å². The SMILES string of the molecule is CN=C(NCc1cccnc1OCC(F)(F)F)NCC(C)(C)OC.I. The van der Waals surface area contributed by atoms with Gasteiger partial charge in [-0.3, -0.25) is 4.99 Å². The van der Waals surface area contributed by atoms with E-state index in [0.29, 0.717) is 18.1 Å². The van der Waals surface area contributed by atoms with E-state index in [9.17, 15) is 13.2 Å². The number of methoxy groups -OCH3 is 1. The molecule has 1 rings (SSSR count). The molecule has 0 bridgehead atoms. The number of ether oxygens (including phenoxy) is 2. The molecule has 0 radical (unpaired) electrons. The van der Waals surface area contributed by atoms with Crippen molar-refractivity contribution in [2.75, 3.05) is 27.3 Å². The Kier molecular flexibility index (Phi) is 10.1. The van der Waals surface area contributed by atoms with Crippen LogP contribution in [0.1, 0.15) is 19.4 Å². The van der Waals surface area contributed by atoms with Gasteiger partial charge in [0.15, 0.2) is 12.6 Å². The molecule has 1 heterocycles. The standard InChI is InChI=1S/C15H23F3N4O2.HI/c1-14(2,23-4)9-22-13(19-3)21-8-11-6-5-7-20-12(11)24-10-15(16,17)18;/h5-7H,8-10H2,1-4H3,(H2,19,21,22);1H. The van der Waals surface area contributed by atoms with Crippen LogP contribution in [0.5, 0.6) is 5.88 Å². The number of aliphatic imine (C=N–C) groups is 1. The van der Waals surface area contributed by atoms with E-state index >= 15 is 0 Å². The molecule has 0 unspecified atom stereocenters. The first-order valence-corrected chi connectivity index (χ1v) is 7.30. The van der Waals surface area contributed by atoms with Crippen LogP contribution < -0.4 is 15.4 Å². The van der Waals surface area contributed by atoms with Crippen molar-refractivity contribution >= 4 is 29.9 Å². The summed E-state index contributed by atoms with van der Waals surface area (Å²) in [5.74, 6) is 0.431. The number of aromatic nitrogens is 1. The number of halogens is 4. The summed E-state index contributed by atoms with van der Waals surface area (Å²) >= 11 is 0. The molecule has 1 aromatic heterocycles. The van der Waals surface area contributed by atoms with E-state index in [0.717, 1.165) is 0 Å². The number of hydrogen-bond acceptors (Lipinski definition) is 4. The van der Waals surface area contributed by atoms with E-state index < -0.39 is 12.8 Å². The van der Waals surface area contributed by atoms with Gasteiger partial charge in [0.05, 0.1) is 5.60 Å². The van der Waals surface area contributed by atoms with Crippen LogP contribution in [-0.2, 0) is 11.3 Å². The molecule has 0 atom stereocenters. The lowest BCUT2D eigenvalue weighted by atomic mass is 10.1. The molecule has 10 heteroatoms. The second kappa shape index (κ2) is 10.6. The lowest BCUT2D eigenvalue weighted by molar-refractivity contribution is -0.154. The van der Waals surface area contributed by atoms with Gasteiger partial charge in [0.2, 0.25) is 5.88 Å². The van der Waals surface area contributed by atoms with E-state index in [-0.39, 0.29) is 42.0 Å². The van der Waals surface area contributed by atoms with Crippen LogP contribution in [-0.4, -0.2) is 50.0 Å². The zero-order valence-electron chi connectivity index (χ0n) is 14.6. The molecule has 0 aromatic carbocycles. The largest absolute Gasteiger partial charge is 0.468 e. The van der Waals surface area contributed by atoms with Gasteiger partial charge in [-0.15, -0.1) is 24.0 Å². The van der Waals surface area contributed by atoms with Crippen molar-refractivity contribution in [3.8, 4) is 5.88 Å². The van der Waals surface area contributed by atoms with Crippen molar-refractivity contribution in [1.29, 1.82) is 0 Å². The third-order valence-electron chi connectivity index (χ3n) is 3.13. The summed E-state index contributed by atoms with van der Waals surface area (Å²) in [7, 11) is 3.21. The van der Waals surface area contributed by atoms with E-state index in [1.165, 1.54) is 6.20 Å². The van der Waals surface area contributed by atoms with E-state index in [1.54, 1.807) is 26.3 Å². The highest BCUT2D eigenvalue weighted by Crippen LogP contribution is 2.19. The average Bonchev–Trinajstić information content (AvgIpc) is 2.53. The molecule has 0 spiro atoms. The number of pyridine rings is 1. The summed E-state index contributed by atoms with van der Waals surface area (Å²) in [6.07, 6.45) is -3.03. The summed E-state index contributed by atoms with van der Waals surface area (Å²) in [6, 6.07) is 3.26. The van der Waals surface area contributed by atoms with Gasteiger partial charge in [0.1, 0.15) is 0 Å². The average molecular weight is 476 g/mol. The molecule has 1 aromatic rings. The number of guanidine groups is 1. The fourth-order valence-electron chi connectivity index (χ4n) is 1.61. The van der Waals surface area contributed by atoms with Crippen LogP contribution in [0, 0.1) is 0 Å². The Balaban J connectivity index is 0.00000576. The highest BCUT2D eigenvalue weighted by atomic mass is 127. The molecule has 0 saturated carbocycles. The zero-order valence-corrected chi connectivity index (χ0v) is 16.9. The third kappa shape index (κ3) is 9.68. The minimum atomic E-state index is -4.41. The normalized spacial score (nSPS) is 12.4. The van der Waals surface area contributed by atoms with Crippen LogP contribution in [0.3, 0.4) is 0 Å². The third-order valence-corrected chi connectivity index (χ3v) is 3.13. The summed E-state index contributed by atoms with van der Waals surface area (Å²) < 4.78 is 46.9. The van der Waals surface area contributed by atoms with Crippen LogP contribution in [0.25, 0.3) is 0 Å². The number of hydrogen-bond donors (Lipinski definition) is 2. The summed E-state index contributed by atoms with van der Waals surface area (Å²) in [5, 5.41) is 6.08. The lowest BCUT2D eigenvalue weighted by Crippen LogP contribution is -2.45. The first kappa shape index (κ1) is 23.7. The highest BCUT2D eigenvalue weighted by molar-refractivity contribution is 14.0. The van der Waals surface area contributed by atoms with Gasteiger partial charge in [-0.2, -0.15) is 13.2 Å². The topological polar surface area (TPSA) is 67.8 Å². The Labute approximate surface area is 162 Å². The summed E-state index contributed by atoms with van der Waals surface area (Å²) in [6.45, 7) is 3.17. The maximum Gasteiger partial charge on any atom is 0.422 e. The molecule has 144 valence electrons. The van der Waals surface area contributed by atoms with Crippen molar-refractivity contribution in [1.82, 2.24) is 15.6 Å². The molecule has 0 amide bonds. The predicted octanol–water partition coefficient (Wildman–Crippen LogP) is 2.73. The van der Waals surface area contributed by atoms with Gasteiger partial charge in [-0.25, -0.2) is 4.98 Å². The predicted molar refractivity (Wildman–Crippen MR) is 100 cm³/mol. The summed E-state index contributed by atoms with van der Waals surface area (Å²) in [4.78, 5) is 7.89. The van der Waals surface area contributed by atoms with Gasteiger partial charge in [-0.05, 0) is 19.9 Å². The number of rotatable bonds is 7. The van der Waals surface area contributed by atoms with Crippen LogP contribution in [0.4, 0.5) is 13.2 Å². The molecule has 0 aliphatic rings. The maximum atomic E-state index is 12.3. The molecule has 0 aliphatic carbocycles. The Bertz CT molecular complexity index is 554. The Hall–Kier alpha value is -1.30. The fraction of sp³-hybridized carbons (Fsp3) is 0.600. The maximum absolute atomic E-state index is 12.3. The van der Waals surface area contributed by atoms with Crippen molar-refractivity contribution in [3.63, 3.8) is 0 Å². The van der Waals surface area contributed by atoms with E-state index in [4.69, 9.17) is 9.47 Å². The van der Waals surface area contributed by atoms with Gasteiger partial charge in [0, 0.05) is 39.0 Å². The molecule has 0 aliphatic heterocycles. The van der Waals surface area contributed by atoms with Crippen LogP contribution in [0.2, 0.25) is 0 Å². The minimum absolute atomic E-state index is 0. The Morgan fingerprint density at radius 1 is 1.28 bits per heavy atom. The van der Waals surface area contributed by atoms with Crippen molar-refractivity contribution < 1.29 is 22.6 Å². The molecular weight excluding hydrogens is 452 g/mol. The second-order valence-electron chi connectivity index (χ2n) is 5.61. The van der Waals surface area contributed by atoms with Gasteiger partial charge in [-0.1, -0.05) is 6.07 Å². The van der Waals surface area contributed by atoms with Gasteiger partial charge >= 0.3 is 6.18 Å². The molecule has 6 nitrogen and oxygen atoms in total. The van der Waals surface area contributed by atoms with Crippen LogP contribution >= 0.6 is 24.0 Å². The number of nitrogens with zero attached hydrogens (tertiary/aromatic N) is 2. The highest BCUT2D eigenvalue weighted by Gasteiger charge is 2.29. The number of nitrogens with one attached hydrogen (secondary N) is 2. The quantitative estimate of drug-likeness (QED) is 0.360. The van der Waals surface area contributed by atoms with E-state index in [1.807, 2.05) is 13.8 Å². The Morgan fingerprint density at radius 3 is 2.52 bits per heavy atom. The first-order valence-electron chi connectivity index (χ1n) is 7.30.